The van der Waals surface area contributed by atoms with Gasteiger partial charge in [0.05, 0.1) is 11.1 Å². The van der Waals surface area contributed by atoms with Gasteiger partial charge >= 0.3 is 5.97 Å². The number of carboxylic acids is 1. The maximum Gasteiger partial charge on any atom is 0.335 e. The Morgan fingerprint density at radius 2 is 1.63 bits per heavy atom. The Balaban J connectivity index is 1.29. The van der Waals surface area contributed by atoms with Crippen molar-refractivity contribution in [2.24, 2.45) is 0 Å². The number of carboxylic acid groups (broad SMARTS) is 1. The van der Waals surface area contributed by atoms with E-state index in [0.717, 1.165) is 53.0 Å². The third kappa shape index (κ3) is 7.05. The molecule has 1 amide bonds. The minimum atomic E-state index is -0.917. The van der Waals surface area contributed by atoms with E-state index in [0.29, 0.717) is 22.9 Å². The van der Waals surface area contributed by atoms with Gasteiger partial charge in [-0.3, -0.25) is 4.79 Å². The molecule has 236 valence electrons. The molecule has 1 aliphatic carbocycles. The minimum absolute atomic E-state index is 0.0119. The van der Waals surface area contributed by atoms with Crippen LogP contribution in [0.2, 0.25) is 0 Å². The van der Waals surface area contributed by atoms with Gasteiger partial charge in [-0.05, 0) is 83.8 Å². The molecule has 5 rings (SSSR count). The Hall–Kier alpha value is -5.14. The zero-order chi connectivity index (χ0) is 32.8. The summed E-state index contributed by atoms with van der Waals surface area (Å²) in [5.74, 6) is -1.14. The first-order chi connectivity index (χ1) is 22.2. The number of likely N-dealkylation sites (N-methyl/N-ethyl adjacent to an activating group) is 1. The van der Waals surface area contributed by atoms with Gasteiger partial charge in [0.25, 0.3) is 5.91 Å². The number of benzene rings is 4. The number of amides is 1. The number of carbonyl (C=O) groups is 2. The maximum absolute atomic E-state index is 12.9. The van der Waals surface area contributed by atoms with Crippen molar-refractivity contribution in [3.05, 3.63) is 131 Å². The molecule has 0 fully saturated rings. The smallest absolute Gasteiger partial charge is 0.335 e. The van der Waals surface area contributed by atoms with Crippen LogP contribution in [0.25, 0.3) is 21.9 Å². The van der Waals surface area contributed by atoms with Gasteiger partial charge in [-0.25, -0.2) is 4.79 Å². The molecule has 0 aromatic heterocycles. The minimum Gasteiger partial charge on any atom is -0.506 e. The first-order valence-corrected chi connectivity index (χ1v) is 15.6. The number of nitrogens with zero attached hydrogens (tertiary/aromatic N) is 2. The largest absolute Gasteiger partial charge is 0.506 e. The van der Waals surface area contributed by atoms with Crippen molar-refractivity contribution in [2.45, 2.75) is 26.3 Å². The zero-order valence-corrected chi connectivity index (χ0v) is 26.8. The number of aromatic hydroxyl groups is 1. The first kappa shape index (κ1) is 32.3. The van der Waals surface area contributed by atoms with Gasteiger partial charge in [0, 0.05) is 50.8 Å². The normalized spacial score (nSPS) is 13.5. The lowest BCUT2D eigenvalue weighted by atomic mass is 9.92. The van der Waals surface area contributed by atoms with Crippen LogP contribution in [-0.4, -0.2) is 60.7 Å². The number of nitrogens with one attached hydrogen (secondary N) is 1. The molecule has 0 bridgehead atoms. The van der Waals surface area contributed by atoms with Crippen LogP contribution in [-0.2, 0) is 0 Å². The molecule has 1 atom stereocenters. The number of phenols is 1. The van der Waals surface area contributed by atoms with Crippen molar-refractivity contribution in [3.8, 4) is 5.75 Å². The number of hydrogen-bond acceptors (Lipinski definition) is 5. The summed E-state index contributed by atoms with van der Waals surface area (Å²) in [7, 11) is 3.38. The average Bonchev–Trinajstić information content (AvgIpc) is 3.33. The highest BCUT2D eigenvalue weighted by Crippen LogP contribution is 2.37. The quantitative estimate of drug-likeness (QED) is 0.161. The lowest BCUT2D eigenvalue weighted by molar-refractivity contribution is 0.0696. The molecule has 46 heavy (non-hydrogen) atoms. The molecular weight excluding hydrogens is 574 g/mol. The third-order valence-electron chi connectivity index (χ3n) is 8.54. The molecular formula is C39H41N3O4. The fraction of sp³-hybridized carbons (Fsp3) is 0.231. The fourth-order valence-electron chi connectivity index (χ4n) is 5.83. The number of phenolic OH excluding ortho intramolecular Hbond substituents is 1. The van der Waals surface area contributed by atoms with E-state index in [1.54, 1.807) is 26.2 Å². The first-order valence-electron chi connectivity index (χ1n) is 15.6. The number of carbonyl (C=O) groups excluding carboxylic acids is 1. The summed E-state index contributed by atoms with van der Waals surface area (Å²) in [6, 6.07) is 25.3. The summed E-state index contributed by atoms with van der Waals surface area (Å²) in [6.07, 6.45) is 9.21. The van der Waals surface area contributed by atoms with E-state index in [-0.39, 0.29) is 17.7 Å². The van der Waals surface area contributed by atoms with Crippen LogP contribution < -0.4 is 10.2 Å². The van der Waals surface area contributed by atoms with Gasteiger partial charge in [0.2, 0.25) is 0 Å². The van der Waals surface area contributed by atoms with Crippen LogP contribution in [0.15, 0.2) is 103 Å². The predicted octanol–water partition coefficient (Wildman–Crippen LogP) is 7.55. The molecule has 0 aliphatic heterocycles. The average molecular weight is 616 g/mol. The lowest BCUT2D eigenvalue weighted by Crippen LogP contribution is -2.33. The number of anilines is 1. The molecule has 0 radical (unpaired) electrons. The van der Waals surface area contributed by atoms with Crippen molar-refractivity contribution in [1.29, 1.82) is 0 Å². The van der Waals surface area contributed by atoms with Gasteiger partial charge in [-0.15, -0.1) is 0 Å². The standard InChI is InChI=1S/C39H41N3O4/c1-5-42(32-21-19-31(20-22-32)39(45)46)24-23-40-26(2)27-13-15-29(16-14-27)28-9-8-10-30(18-17-28)35-25-36(38(44)41(3)4)37(43)34-12-7-6-11-33(34)35/h6-9,11-22,25-26,40,43H,5,10,23-24H2,1-4H3,(H,45,46). The van der Waals surface area contributed by atoms with E-state index in [4.69, 9.17) is 5.11 Å². The second-order valence-electron chi connectivity index (χ2n) is 11.7. The number of aromatic carboxylic acids is 1. The highest BCUT2D eigenvalue weighted by molar-refractivity contribution is 6.07. The van der Waals surface area contributed by atoms with Gasteiger partial charge < -0.3 is 25.3 Å². The highest BCUT2D eigenvalue weighted by Gasteiger charge is 2.20. The molecule has 4 aromatic rings. The van der Waals surface area contributed by atoms with E-state index in [2.05, 4.69) is 72.6 Å². The van der Waals surface area contributed by atoms with Gasteiger partial charge in [-0.2, -0.15) is 0 Å². The molecule has 0 heterocycles. The van der Waals surface area contributed by atoms with E-state index in [1.165, 1.54) is 10.5 Å². The molecule has 0 saturated carbocycles. The molecule has 0 spiro atoms. The van der Waals surface area contributed by atoms with Crippen LogP contribution in [0.4, 0.5) is 5.69 Å². The SMILES string of the molecule is CCN(CCNC(C)c1ccc(C2=CC=C(c3cc(C(=O)N(C)C)c(O)c4ccccc34)CC=C2)cc1)c1ccc(C(=O)O)cc1. The molecule has 1 unspecified atom stereocenters. The summed E-state index contributed by atoms with van der Waals surface area (Å²) in [6.45, 7) is 6.67. The third-order valence-corrected chi connectivity index (χ3v) is 8.54. The fourth-order valence-corrected chi connectivity index (χ4v) is 5.83. The molecule has 0 saturated heterocycles. The Morgan fingerprint density at radius 1 is 0.935 bits per heavy atom. The second kappa shape index (κ2) is 14.3. The lowest BCUT2D eigenvalue weighted by Gasteiger charge is -2.24. The number of allylic oxidation sites excluding steroid dienone is 6. The van der Waals surface area contributed by atoms with Crippen molar-refractivity contribution in [1.82, 2.24) is 10.2 Å². The topological polar surface area (TPSA) is 93.1 Å². The number of fused-ring (bicyclic) bond motifs is 1. The van der Waals surface area contributed by atoms with Crippen molar-refractivity contribution >= 4 is 39.5 Å². The molecule has 7 nitrogen and oxygen atoms in total. The van der Waals surface area contributed by atoms with Gasteiger partial charge in [0.15, 0.2) is 0 Å². The Labute approximate surface area is 270 Å². The van der Waals surface area contributed by atoms with E-state index < -0.39 is 5.97 Å². The summed E-state index contributed by atoms with van der Waals surface area (Å²) in [5.41, 5.74) is 7.02. The number of rotatable bonds is 11. The molecule has 1 aliphatic rings. The van der Waals surface area contributed by atoms with E-state index in [1.807, 2.05) is 42.5 Å². The van der Waals surface area contributed by atoms with E-state index >= 15 is 0 Å². The van der Waals surface area contributed by atoms with Crippen LogP contribution >= 0.6 is 0 Å². The van der Waals surface area contributed by atoms with Gasteiger partial charge in [-0.1, -0.05) is 72.8 Å². The van der Waals surface area contributed by atoms with Crippen molar-refractivity contribution < 1.29 is 19.8 Å². The van der Waals surface area contributed by atoms with Crippen LogP contribution in [0.1, 0.15) is 63.7 Å². The number of hydrogen-bond donors (Lipinski definition) is 3. The summed E-state index contributed by atoms with van der Waals surface area (Å²) in [4.78, 5) is 27.8. The van der Waals surface area contributed by atoms with Crippen LogP contribution in [0, 0.1) is 0 Å². The Morgan fingerprint density at radius 3 is 2.28 bits per heavy atom. The molecule has 4 aromatic carbocycles. The Bertz CT molecular complexity index is 1820. The second-order valence-corrected chi connectivity index (χ2v) is 11.7. The zero-order valence-electron chi connectivity index (χ0n) is 26.8. The Kier molecular flexibility index (Phi) is 10.0. The van der Waals surface area contributed by atoms with Crippen molar-refractivity contribution in [3.63, 3.8) is 0 Å². The summed E-state index contributed by atoms with van der Waals surface area (Å²) in [5, 5.41) is 25.3. The highest BCUT2D eigenvalue weighted by atomic mass is 16.4. The molecule has 3 N–H and O–H groups in total. The molecule has 7 heteroatoms. The predicted molar refractivity (Wildman–Crippen MR) is 187 cm³/mol. The van der Waals surface area contributed by atoms with Crippen LogP contribution in [0.5, 0.6) is 5.75 Å². The van der Waals surface area contributed by atoms with Gasteiger partial charge in [0.1, 0.15) is 5.75 Å². The maximum atomic E-state index is 12.9. The van der Waals surface area contributed by atoms with E-state index in [9.17, 15) is 14.7 Å². The summed E-state index contributed by atoms with van der Waals surface area (Å²) >= 11 is 0. The monoisotopic (exact) mass is 615 g/mol. The van der Waals surface area contributed by atoms with Crippen molar-refractivity contribution in [2.75, 3.05) is 38.6 Å². The summed E-state index contributed by atoms with van der Waals surface area (Å²) < 4.78 is 0. The van der Waals surface area contributed by atoms with Crippen LogP contribution in [0.3, 0.4) is 0 Å².